The normalized spacial score (nSPS) is 15.9. The van der Waals surface area contributed by atoms with Gasteiger partial charge in [-0.2, -0.15) is 4.57 Å². The van der Waals surface area contributed by atoms with Crippen LogP contribution in [0.25, 0.3) is 21.9 Å². The molecule has 1 aliphatic heterocycles. The second kappa shape index (κ2) is 8.25. The highest BCUT2D eigenvalue weighted by molar-refractivity contribution is 6.31. The van der Waals surface area contributed by atoms with E-state index in [0.29, 0.717) is 17.1 Å². The molecule has 0 spiro atoms. The number of aromatic amines is 2. The summed E-state index contributed by atoms with van der Waals surface area (Å²) in [7, 11) is 0. The Labute approximate surface area is 180 Å². The molecule has 30 heavy (non-hydrogen) atoms. The first kappa shape index (κ1) is 19.3. The molecule has 6 heteroatoms. The standard InChI is InChI=1S/C24H25ClN4O/c25-19-6-7-21-20(15-19)22-23(27-21)24(30)29(16-26-22)13-12-28-10-8-18(9-11-28)14-17-4-2-1-3-5-17/h1-7,15-16,18,27H,8-14H2/p+1. The number of halogens is 1. The summed E-state index contributed by atoms with van der Waals surface area (Å²) in [6.45, 7) is 3.78. The maximum absolute atomic E-state index is 13.0. The van der Waals surface area contributed by atoms with Gasteiger partial charge in [0.1, 0.15) is 6.54 Å². The molecule has 3 heterocycles. The van der Waals surface area contributed by atoms with Crippen molar-refractivity contribution in [1.82, 2.24) is 14.5 Å². The van der Waals surface area contributed by atoms with E-state index in [-0.39, 0.29) is 5.56 Å². The second-order valence-corrected chi connectivity index (χ2v) is 8.75. The van der Waals surface area contributed by atoms with Crippen molar-refractivity contribution >= 4 is 33.5 Å². The lowest BCUT2D eigenvalue weighted by Crippen LogP contribution is -2.38. The van der Waals surface area contributed by atoms with Crippen LogP contribution in [0.15, 0.2) is 59.7 Å². The number of hydrogen-bond acceptors (Lipinski definition) is 2. The topological polar surface area (TPSA) is 55.2 Å². The number of rotatable bonds is 5. The van der Waals surface area contributed by atoms with E-state index in [1.807, 2.05) is 18.2 Å². The summed E-state index contributed by atoms with van der Waals surface area (Å²) in [5, 5.41) is 1.61. The van der Waals surface area contributed by atoms with Gasteiger partial charge in [0.2, 0.25) is 6.33 Å². The van der Waals surface area contributed by atoms with E-state index in [2.05, 4.69) is 45.2 Å². The molecule has 5 nitrogen and oxygen atoms in total. The number of hydrogen-bond donors (Lipinski definition) is 1. The first-order valence-corrected chi connectivity index (χ1v) is 11.0. The first-order valence-electron chi connectivity index (χ1n) is 10.7. The van der Waals surface area contributed by atoms with Crippen LogP contribution >= 0.6 is 11.6 Å². The maximum atomic E-state index is 13.0. The minimum atomic E-state index is 0.00929. The van der Waals surface area contributed by atoms with E-state index >= 15 is 0 Å². The van der Waals surface area contributed by atoms with Gasteiger partial charge in [-0.15, -0.1) is 0 Å². The molecule has 0 aliphatic carbocycles. The molecule has 1 aliphatic rings. The van der Waals surface area contributed by atoms with Gasteiger partial charge in [0.05, 0.1) is 5.52 Å². The third-order valence-corrected chi connectivity index (χ3v) is 6.57. The summed E-state index contributed by atoms with van der Waals surface area (Å²) >= 11 is 6.12. The number of nitrogens with zero attached hydrogens (tertiary/aromatic N) is 2. The zero-order valence-electron chi connectivity index (χ0n) is 16.9. The third-order valence-electron chi connectivity index (χ3n) is 6.33. The van der Waals surface area contributed by atoms with E-state index in [9.17, 15) is 4.79 Å². The van der Waals surface area contributed by atoms with Crippen molar-refractivity contribution < 1.29 is 4.98 Å². The number of aromatic nitrogens is 3. The Morgan fingerprint density at radius 1 is 1.07 bits per heavy atom. The molecule has 2 aromatic heterocycles. The van der Waals surface area contributed by atoms with Crippen LogP contribution in [-0.2, 0) is 13.0 Å². The van der Waals surface area contributed by atoms with Gasteiger partial charge in [-0.25, -0.2) is 9.78 Å². The summed E-state index contributed by atoms with van der Waals surface area (Å²) in [4.78, 5) is 22.0. The number of H-pyrrole nitrogens is 2. The SMILES string of the molecule is O=c1c2[nH]c3ccc(Cl)cc3c2[nH+]cn1CCN1CCC(Cc2ccccc2)CC1. The largest absolute Gasteiger partial charge is 0.361 e. The van der Waals surface area contributed by atoms with E-state index in [0.717, 1.165) is 42.0 Å². The Kier molecular flexibility index (Phi) is 5.32. The Hall–Kier alpha value is -2.63. The van der Waals surface area contributed by atoms with Crippen molar-refractivity contribution in [1.29, 1.82) is 0 Å². The van der Waals surface area contributed by atoms with Crippen LogP contribution in [0.1, 0.15) is 18.4 Å². The summed E-state index contributed by atoms with van der Waals surface area (Å²) in [5.41, 5.74) is 3.79. The highest BCUT2D eigenvalue weighted by Gasteiger charge is 2.21. The first-order chi connectivity index (χ1) is 14.7. The van der Waals surface area contributed by atoms with Crippen LogP contribution in [0.3, 0.4) is 0 Å². The van der Waals surface area contributed by atoms with Gasteiger partial charge < -0.3 is 4.98 Å². The quantitative estimate of drug-likeness (QED) is 0.531. The summed E-state index contributed by atoms with van der Waals surface area (Å²) < 4.78 is 1.77. The van der Waals surface area contributed by atoms with Crippen molar-refractivity contribution in [2.75, 3.05) is 19.6 Å². The van der Waals surface area contributed by atoms with Crippen molar-refractivity contribution in [3.8, 4) is 0 Å². The van der Waals surface area contributed by atoms with Gasteiger partial charge in [-0.05, 0) is 62.0 Å². The van der Waals surface area contributed by atoms with Crippen LogP contribution in [0.4, 0.5) is 0 Å². The fourth-order valence-corrected chi connectivity index (χ4v) is 4.77. The lowest BCUT2D eigenvalue weighted by molar-refractivity contribution is -0.352. The van der Waals surface area contributed by atoms with Crippen molar-refractivity contribution in [3.05, 3.63) is 75.8 Å². The van der Waals surface area contributed by atoms with Gasteiger partial charge >= 0.3 is 5.56 Å². The van der Waals surface area contributed by atoms with Crippen LogP contribution in [0, 0.1) is 5.92 Å². The smallest absolute Gasteiger partial charge is 0.345 e. The van der Waals surface area contributed by atoms with E-state index < -0.39 is 0 Å². The number of piperidine rings is 1. The zero-order chi connectivity index (χ0) is 20.5. The van der Waals surface area contributed by atoms with E-state index in [1.54, 1.807) is 10.9 Å². The number of likely N-dealkylation sites (tertiary alicyclic amines) is 1. The van der Waals surface area contributed by atoms with Crippen LogP contribution in [-0.4, -0.2) is 34.1 Å². The molecule has 5 rings (SSSR count). The summed E-state index contributed by atoms with van der Waals surface area (Å²) in [6, 6.07) is 16.4. The average molecular weight is 422 g/mol. The fraction of sp³-hybridized carbons (Fsp3) is 0.333. The highest BCUT2D eigenvalue weighted by atomic mass is 35.5. The van der Waals surface area contributed by atoms with E-state index in [4.69, 9.17) is 11.6 Å². The molecule has 2 aromatic carbocycles. The molecule has 2 N–H and O–H groups in total. The molecular formula is C24H26ClN4O+. The number of benzene rings is 2. The number of nitrogens with one attached hydrogen (secondary N) is 2. The Bertz CT molecular complexity index is 1220. The van der Waals surface area contributed by atoms with Gasteiger partial charge in [-0.3, -0.25) is 4.90 Å². The molecule has 0 amide bonds. The lowest BCUT2D eigenvalue weighted by Gasteiger charge is -2.31. The van der Waals surface area contributed by atoms with Gasteiger partial charge in [0, 0.05) is 17.0 Å². The van der Waals surface area contributed by atoms with Crippen LogP contribution < -0.4 is 10.5 Å². The number of fused-ring (bicyclic) bond motifs is 3. The maximum Gasteiger partial charge on any atom is 0.361 e. The van der Waals surface area contributed by atoms with Crippen LogP contribution in [0.2, 0.25) is 5.02 Å². The third kappa shape index (κ3) is 3.87. The predicted octanol–water partition coefficient (Wildman–Crippen LogP) is 3.91. The average Bonchev–Trinajstić information content (AvgIpc) is 3.14. The predicted molar refractivity (Wildman–Crippen MR) is 121 cm³/mol. The monoisotopic (exact) mass is 421 g/mol. The lowest BCUT2D eigenvalue weighted by atomic mass is 9.90. The molecule has 1 saturated heterocycles. The Morgan fingerprint density at radius 2 is 1.87 bits per heavy atom. The van der Waals surface area contributed by atoms with Gasteiger partial charge in [-0.1, -0.05) is 41.9 Å². The Morgan fingerprint density at radius 3 is 2.67 bits per heavy atom. The molecule has 0 saturated carbocycles. The van der Waals surface area contributed by atoms with Crippen molar-refractivity contribution in [2.45, 2.75) is 25.8 Å². The molecule has 1 fully saturated rings. The minimum Gasteiger partial charge on any atom is -0.345 e. The fourth-order valence-electron chi connectivity index (χ4n) is 4.60. The molecule has 154 valence electrons. The Balaban J connectivity index is 1.23. The zero-order valence-corrected chi connectivity index (χ0v) is 17.7. The minimum absolute atomic E-state index is 0.00929. The molecule has 0 radical (unpaired) electrons. The van der Waals surface area contributed by atoms with Crippen LogP contribution in [0.5, 0.6) is 0 Å². The highest BCUT2D eigenvalue weighted by Crippen LogP contribution is 2.24. The molecule has 0 bridgehead atoms. The molecule has 0 unspecified atom stereocenters. The summed E-state index contributed by atoms with van der Waals surface area (Å²) in [6.07, 6.45) is 5.40. The molecule has 0 atom stereocenters. The molecule has 4 aromatic rings. The van der Waals surface area contributed by atoms with E-state index in [1.165, 1.54) is 24.8 Å². The van der Waals surface area contributed by atoms with Crippen molar-refractivity contribution in [3.63, 3.8) is 0 Å². The second-order valence-electron chi connectivity index (χ2n) is 8.31. The van der Waals surface area contributed by atoms with Crippen molar-refractivity contribution in [2.24, 2.45) is 5.92 Å². The van der Waals surface area contributed by atoms with Gasteiger partial charge in [0.15, 0.2) is 11.0 Å². The summed E-state index contributed by atoms with van der Waals surface area (Å²) in [5.74, 6) is 0.759. The van der Waals surface area contributed by atoms with Gasteiger partial charge in [0.25, 0.3) is 0 Å². The molecular weight excluding hydrogens is 396 g/mol.